The zero-order chi connectivity index (χ0) is 24.0. The van der Waals surface area contributed by atoms with Crippen LogP contribution < -0.4 is 29.0 Å². The first-order valence-corrected chi connectivity index (χ1v) is 11.0. The lowest BCUT2D eigenvalue weighted by Gasteiger charge is -2.14. The summed E-state index contributed by atoms with van der Waals surface area (Å²) in [5.74, 6) is 2.77. The number of aliphatic hydroxyl groups is 1. The molecule has 1 unspecified atom stereocenters. The van der Waals surface area contributed by atoms with Crippen molar-refractivity contribution in [2.24, 2.45) is 0 Å². The van der Waals surface area contributed by atoms with E-state index >= 15 is 0 Å². The van der Waals surface area contributed by atoms with Gasteiger partial charge in [-0.25, -0.2) is 9.97 Å². The maximum Gasteiger partial charge on any atom is 0.316 e. The molecule has 190 valence electrons. The Kier molecular flexibility index (Phi) is 12.5. The topological polar surface area (TPSA) is 104 Å². The molecule has 0 saturated heterocycles. The van der Waals surface area contributed by atoms with Gasteiger partial charge in [0.2, 0.25) is 0 Å². The molecule has 0 aliphatic heterocycles. The summed E-state index contributed by atoms with van der Waals surface area (Å²) in [5.41, 5.74) is 1.12. The number of hydrogen-bond acceptors (Lipinski definition) is 9. The highest BCUT2D eigenvalue weighted by atomic mass is 35.5. The van der Waals surface area contributed by atoms with Crippen molar-refractivity contribution in [1.82, 2.24) is 15.3 Å². The number of benzene rings is 2. The van der Waals surface area contributed by atoms with E-state index in [1.807, 2.05) is 30.3 Å². The summed E-state index contributed by atoms with van der Waals surface area (Å²) in [6.07, 6.45) is 3.42. The van der Waals surface area contributed by atoms with Crippen molar-refractivity contribution in [2.45, 2.75) is 12.5 Å². The average Bonchev–Trinajstić information content (AvgIpc) is 2.89. The monoisotopic (exact) mass is 505 g/mol. The molecule has 0 radical (unpaired) electrons. The van der Waals surface area contributed by atoms with Crippen LogP contribution in [0.25, 0.3) is 0 Å². The number of nitrogens with one attached hydrogen (secondary N) is 1. The molecule has 35 heavy (non-hydrogen) atoms. The Hall–Kier alpha value is -3.27. The third kappa shape index (κ3) is 9.86. The quantitative estimate of drug-likeness (QED) is 0.302. The minimum Gasteiger partial charge on any atom is -0.493 e. The Bertz CT molecular complexity index is 979. The van der Waals surface area contributed by atoms with E-state index in [-0.39, 0.29) is 19.0 Å². The van der Waals surface area contributed by atoms with Crippen LogP contribution in [-0.4, -0.2) is 68.3 Å². The van der Waals surface area contributed by atoms with E-state index in [1.165, 1.54) is 0 Å². The largest absolute Gasteiger partial charge is 0.493 e. The summed E-state index contributed by atoms with van der Waals surface area (Å²) in [5, 5.41) is 13.4. The highest BCUT2D eigenvalue weighted by Crippen LogP contribution is 2.27. The second kappa shape index (κ2) is 15.6. The van der Waals surface area contributed by atoms with Crippen molar-refractivity contribution in [3.63, 3.8) is 0 Å². The van der Waals surface area contributed by atoms with Gasteiger partial charge in [0, 0.05) is 18.9 Å². The maximum atomic E-state index is 10.2. The van der Waals surface area contributed by atoms with Crippen molar-refractivity contribution in [1.29, 1.82) is 0 Å². The van der Waals surface area contributed by atoms with Gasteiger partial charge in [-0.2, -0.15) is 0 Å². The predicted molar refractivity (Wildman–Crippen MR) is 134 cm³/mol. The van der Waals surface area contributed by atoms with Crippen LogP contribution in [0.1, 0.15) is 5.56 Å². The van der Waals surface area contributed by atoms with Crippen LogP contribution in [0, 0.1) is 0 Å². The van der Waals surface area contributed by atoms with Gasteiger partial charge in [-0.05, 0) is 61.0 Å². The molecule has 2 aromatic carbocycles. The number of ether oxygens (including phenoxy) is 5. The zero-order valence-corrected chi connectivity index (χ0v) is 20.7. The fourth-order valence-electron chi connectivity index (χ4n) is 3.07. The molecule has 1 heterocycles. The first kappa shape index (κ1) is 28.0. The molecule has 1 aromatic heterocycles. The van der Waals surface area contributed by atoms with E-state index in [1.54, 1.807) is 44.8 Å². The van der Waals surface area contributed by atoms with E-state index in [0.29, 0.717) is 48.8 Å². The molecular formula is C25H32ClN3O6. The minimum atomic E-state index is -0.626. The Morgan fingerprint density at radius 1 is 0.857 bits per heavy atom. The normalized spacial score (nSPS) is 11.2. The number of rotatable bonds is 15. The molecule has 2 N–H and O–H groups in total. The molecule has 0 amide bonds. The molecule has 0 aliphatic rings. The average molecular weight is 506 g/mol. The smallest absolute Gasteiger partial charge is 0.316 e. The van der Waals surface area contributed by atoms with Gasteiger partial charge in [0.1, 0.15) is 37.4 Å². The lowest BCUT2D eigenvalue weighted by molar-refractivity contribution is 0.106. The standard InChI is InChI=1S/C25H31N3O6.ClH/c1-30-23-9-4-19(16-24(23)31-2)10-13-26-17-20(29)18-34-22-7-5-21(6-8-22)32-14-15-33-25-27-11-3-12-28-25;/h3-9,11-12,16,20,26,29H,10,13-15,17-18H2,1-2H3;1H. The number of methoxy groups -OCH3 is 2. The summed E-state index contributed by atoms with van der Waals surface area (Å²) in [6.45, 7) is 2.05. The van der Waals surface area contributed by atoms with E-state index < -0.39 is 6.10 Å². The zero-order valence-electron chi connectivity index (χ0n) is 19.9. The van der Waals surface area contributed by atoms with Gasteiger partial charge >= 0.3 is 6.01 Å². The molecule has 3 rings (SSSR count). The Morgan fingerprint density at radius 3 is 2.20 bits per heavy atom. The van der Waals surface area contributed by atoms with Gasteiger partial charge in [-0.3, -0.25) is 0 Å². The number of halogens is 1. The highest BCUT2D eigenvalue weighted by molar-refractivity contribution is 5.85. The fourth-order valence-corrected chi connectivity index (χ4v) is 3.07. The molecule has 3 aromatic rings. The predicted octanol–water partition coefficient (Wildman–Crippen LogP) is 2.95. The summed E-state index contributed by atoms with van der Waals surface area (Å²) in [6, 6.07) is 15.1. The van der Waals surface area contributed by atoms with Crippen LogP contribution in [0.2, 0.25) is 0 Å². The summed E-state index contributed by atoms with van der Waals surface area (Å²) in [4.78, 5) is 7.96. The van der Waals surface area contributed by atoms with Crippen LogP contribution in [0.15, 0.2) is 60.9 Å². The first-order valence-electron chi connectivity index (χ1n) is 11.0. The SMILES string of the molecule is COc1ccc(CCNCC(O)COc2ccc(OCCOc3ncccn3)cc2)cc1OC.Cl. The highest BCUT2D eigenvalue weighted by Gasteiger charge is 2.07. The van der Waals surface area contributed by atoms with Gasteiger partial charge in [-0.1, -0.05) is 6.07 Å². The number of aromatic nitrogens is 2. The second-order valence-electron chi connectivity index (χ2n) is 7.31. The van der Waals surface area contributed by atoms with Crippen molar-refractivity contribution >= 4 is 12.4 Å². The number of hydrogen-bond donors (Lipinski definition) is 2. The summed E-state index contributed by atoms with van der Waals surface area (Å²) >= 11 is 0. The Morgan fingerprint density at radius 2 is 1.51 bits per heavy atom. The van der Waals surface area contributed by atoms with Gasteiger partial charge < -0.3 is 34.1 Å². The Balaban J connectivity index is 0.00000432. The lowest BCUT2D eigenvalue weighted by atomic mass is 10.1. The van der Waals surface area contributed by atoms with E-state index in [9.17, 15) is 5.11 Å². The maximum absolute atomic E-state index is 10.2. The molecule has 0 bridgehead atoms. The molecule has 0 aliphatic carbocycles. The molecule has 10 heteroatoms. The minimum absolute atomic E-state index is 0. The van der Waals surface area contributed by atoms with Crippen molar-refractivity contribution < 1.29 is 28.8 Å². The van der Waals surface area contributed by atoms with E-state index in [0.717, 1.165) is 18.5 Å². The first-order chi connectivity index (χ1) is 16.7. The fraction of sp³-hybridized carbons (Fsp3) is 0.360. The molecule has 0 saturated carbocycles. The summed E-state index contributed by atoms with van der Waals surface area (Å²) in [7, 11) is 3.24. The van der Waals surface area contributed by atoms with Crippen LogP contribution in [0.5, 0.6) is 29.0 Å². The second-order valence-corrected chi connectivity index (χ2v) is 7.31. The van der Waals surface area contributed by atoms with Crippen molar-refractivity contribution in [3.8, 4) is 29.0 Å². The van der Waals surface area contributed by atoms with Gasteiger partial charge in [0.05, 0.1) is 14.2 Å². The molecular weight excluding hydrogens is 474 g/mol. The third-order valence-electron chi connectivity index (χ3n) is 4.81. The third-order valence-corrected chi connectivity index (χ3v) is 4.81. The van der Waals surface area contributed by atoms with E-state index in [2.05, 4.69) is 15.3 Å². The lowest BCUT2D eigenvalue weighted by Crippen LogP contribution is -2.32. The molecule has 1 atom stereocenters. The van der Waals surface area contributed by atoms with Crippen LogP contribution in [-0.2, 0) is 6.42 Å². The molecule has 0 spiro atoms. The number of nitrogens with zero attached hydrogens (tertiary/aromatic N) is 2. The van der Waals surface area contributed by atoms with Crippen LogP contribution in [0.4, 0.5) is 0 Å². The van der Waals surface area contributed by atoms with Gasteiger partial charge in [-0.15, -0.1) is 12.4 Å². The van der Waals surface area contributed by atoms with Crippen LogP contribution >= 0.6 is 12.4 Å². The van der Waals surface area contributed by atoms with Crippen LogP contribution in [0.3, 0.4) is 0 Å². The van der Waals surface area contributed by atoms with E-state index in [4.69, 9.17) is 23.7 Å². The van der Waals surface area contributed by atoms with Gasteiger partial charge in [0.25, 0.3) is 0 Å². The van der Waals surface area contributed by atoms with Crippen molar-refractivity contribution in [2.75, 3.05) is 47.1 Å². The Labute approximate surface area is 211 Å². The number of aliphatic hydroxyl groups excluding tert-OH is 1. The van der Waals surface area contributed by atoms with Crippen molar-refractivity contribution in [3.05, 3.63) is 66.5 Å². The molecule has 9 nitrogen and oxygen atoms in total. The summed E-state index contributed by atoms with van der Waals surface area (Å²) < 4.78 is 27.2. The van der Waals surface area contributed by atoms with Gasteiger partial charge in [0.15, 0.2) is 11.5 Å². The molecule has 0 fully saturated rings.